The maximum atomic E-state index is 12.5. The molecule has 5 heteroatoms. The van der Waals surface area contributed by atoms with Crippen molar-refractivity contribution < 1.29 is 8.42 Å². The summed E-state index contributed by atoms with van der Waals surface area (Å²) in [6.07, 6.45) is 2.17. The minimum absolute atomic E-state index is 0.0123. The highest BCUT2D eigenvalue weighted by molar-refractivity contribution is 7.89. The van der Waals surface area contributed by atoms with E-state index in [2.05, 4.69) is 0 Å². The summed E-state index contributed by atoms with van der Waals surface area (Å²) in [5.74, 6) is 0.457. The lowest BCUT2D eigenvalue weighted by Gasteiger charge is -2.24. The number of benzene rings is 1. The molecule has 1 unspecified atom stereocenters. The predicted octanol–water partition coefficient (Wildman–Crippen LogP) is 1.98. The number of nitrogens with zero attached hydrogens (tertiary/aromatic N) is 2. The lowest BCUT2D eigenvalue weighted by molar-refractivity contribution is 0.357. The summed E-state index contributed by atoms with van der Waals surface area (Å²) in [5.41, 5.74) is 0.201. The SMILES string of the molecule is CC(C1CC1)N(C)S(=O)(=O)c1ccccc1C#N. The first-order chi connectivity index (χ1) is 8.48. The molecule has 1 aromatic rings. The van der Waals surface area contributed by atoms with E-state index in [4.69, 9.17) is 5.26 Å². The fraction of sp³-hybridized carbons (Fsp3) is 0.462. The van der Waals surface area contributed by atoms with E-state index in [1.54, 1.807) is 19.2 Å². The van der Waals surface area contributed by atoms with Crippen LogP contribution in [0.4, 0.5) is 0 Å². The first-order valence-corrected chi connectivity index (χ1v) is 7.39. The van der Waals surface area contributed by atoms with Gasteiger partial charge in [-0.2, -0.15) is 9.57 Å². The highest BCUT2D eigenvalue weighted by Crippen LogP contribution is 2.36. The van der Waals surface area contributed by atoms with Gasteiger partial charge in [0.15, 0.2) is 0 Å². The Balaban J connectivity index is 2.38. The summed E-state index contributed by atoms with van der Waals surface area (Å²) in [6, 6.07) is 8.25. The second-order valence-electron chi connectivity index (χ2n) is 4.71. The highest BCUT2D eigenvalue weighted by atomic mass is 32.2. The molecule has 1 aromatic carbocycles. The molecule has 0 N–H and O–H groups in total. The van der Waals surface area contributed by atoms with Gasteiger partial charge in [-0.25, -0.2) is 8.42 Å². The molecule has 0 heterocycles. The summed E-state index contributed by atoms with van der Waals surface area (Å²) in [6.45, 7) is 1.92. The Bertz CT molecular complexity index is 585. The molecule has 2 rings (SSSR count). The Hall–Kier alpha value is -1.38. The van der Waals surface area contributed by atoms with Crippen molar-refractivity contribution in [2.24, 2.45) is 5.92 Å². The van der Waals surface area contributed by atoms with Crippen molar-refractivity contribution in [3.05, 3.63) is 29.8 Å². The molecular formula is C13H16N2O2S. The number of hydrogen-bond donors (Lipinski definition) is 0. The molecule has 0 aromatic heterocycles. The smallest absolute Gasteiger partial charge is 0.207 e. The molecule has 1 atom stereocenters. The number of rotatable bonds is 4. The molecule has 0 amide bonds. The van der Waals surface area contributed by atoms with Crippen molar-refractivity contribution in [2.45, 2.75) is 30.7 Å². The van der Waals surface area contributed by atoms with Gasteiger partial charge in [-0.3, -0.25) is 0 Å². The van der Waals surface area contributed by atoms with E-state index in [1.165, 1.54) is 16.4 Å². The van der Waals surface area contributed by atoms with Gasteiger partial charge < -0.3 is 0 Å². The Labute approximate surface area is 108 Å². The maximum absolute atomic E-state index is 12.5. The van der Waals surface area contributed by atoms with Crippen molar-refractivity contribution in [1.82, 2.24) is 4.31 Å². The maximum Gasteiger partial charge on any atom is 0.244 e. The standard InChI is InChI=1S/C13H16N2O2S/c1-10(11-7-8-11)15(2)18(16,17)13-6-4-3-5-12(13)9-14/h3-6,10-11H,7-8H2,1-2H3. The van der Waals surface area contributed by atoms with Crippen molar-refractivity contribution in [1.29, 1.82) is 5.26 Å². The minimum Gasteiger partial charge on any atom is -0.207 e. The fourth-order valence-corrected chi connectivity index (χ4v) is 3.60. The van der Waals surface area contributed by atoms with Crippen LogP contribution < -0.4 is 0 Å². The molecule has 0 aliphatic heterocycles. The summed E-state index contributed by atoms with van der Waals surface area (Å²) in [5, 5.41) is 8.99. The fourth-order valence-electron chi connectivity index (χ4n) is 2.03. The quantitative estimate of drug-likeness (QED) is 0.835. The molecular weight excluding hydrogens is 248 g/mol. The van der Waals surface area contributed by atoms with Crippen molar-refractivity contribution in [3.8, 4) is 6.07 Å². The van der Waals surface area contributed by atoms with E-state index in [1.807, 2.05) is 13.0 Å². The van der Waals surface area contributed by atoms with Gasteiger partial charge in [0.1, 0.15) is 6.07 Å². The van der Waals surface area contributed by atoms with Crippen LogP contribution in [0.25, 0.3) is 0 Å². The number of nitriles is 1. The number of hydrogen-bond acceptors (Lipinski definition) is 3. The largest absolute Gasteiger partial charge is 0.244 e. The Morgan fingerprint density at radius 3 is 2.56 bits per heavy atom. The van der Waals surface area contributed by atoms with Crippen LogP contribution in [0.5, 0.6) is 0 Å². The van der Waals surface area contributed by atoms with E-state index in [0.29, 0.717) is 5.92 Å². The zero-order valence-electron chi connectivity index (χ0n) is 10.5. The van der Waals surface area contributed by atoms with Gasteiger partial charge in [-0.15, -0.1) is 0 Å². The molecule has 0 radical (unpaired) electrons. The van der Waals surface area contributed by atoms with Gasteiger partial charge in [-0.05, 0) is 37.8 Å². The van der Waals surface area contributed by atoms with Crippen LogP contribution in [-0.2, 0) is 10.0 Å². The average molecular weight is 264 g/mol. The van der Waals surface area contributed by atoms with Crippen LogP contribution >= 0.6 is 0 Å². The van der Waals surface area contributed by atoms with Gasteiger partial charge in [0.2, 0.25) is 10.0 Å². The third-order valence-corrected chi connectivity index (χ3v) is 5.54. The molecule has 0 bridgehead atoms. The zero-order valence-corrected chi connectivity index (χ0v) is 11.3. The van der Waals surface area contributed by atoms with Gasteiger partial charge in [0, 0.05) is 13.1 Å². The third kappa shape index (κ3) is 2.26. The Morgan fingerprint density at radius 2 is 2.00 bits per heavy atom. The molecule has 96 valence electrons. The van der Waals surface area contributed by atoms with Crippen molar-refractivity contribution in [3.63, 3.8) is 0 Å². The minimum atomic E-state index is -3.58. The summed E-state index contributed by atoms with van der Waals surface area (Å²) < 4.78 is 26.3. The molecule has 0 spiro atoms. The number of sulfonamides is 1. The molecule has 0 saturated heterocycles. The average Bonchev–Trinajstić information content (AvgIpc) is 3.21. The summed E-state index contributed by atoms with van der Waals surface area (Å²) in [7, 11) is -1.99. The van der Waals surface area contributed by atoms with Crippen LogP contribution in [0, 0.1) is 17.2 Å². The zero-order chi connectivity index (χ0) is 13.3. The van der Waals surface area contributed by atoms with Crippen LogP contribution in [-0.4, -0.2) is 25.8 Å². The van der Waals surface area contributed by atoms with Gasteiger partial charge in [0.25, 0.3) is 0 Å². The van der Waals surface area contributed by atoms with Gasteiger partial charge in [-0.1, -0.05) is 12.1 Å². The lowest BCUT2D eigenvalue weighted by Crippen LogP contribution is -2.36. The summed E-state index contributed by atoms with van der Waals surface area (Å²) in [4.78, 5) is 0.0995. The van der Waals surface area contributed by atoms with E-state index in [0.717, 1.165) is 12.8 Å². The van der Waals surface area contributed by atoms with Crippen molar-refractivity contribution >= 4 is 10.0 Å². The third-order valence-electron chi connectivity index (χ3n) is 3.54. The molecule has 1 saturated carbocycles. The second-order valence-corrected chi connectivity index (χ2v) is 6.67. The van der Waals surface area contributed by atoms with Gasteiger partial charge >= 0.3 is 0 Å². The normalized spacial score (nSPS) is 17.4. The van der Waals surface area contributed by atoms with Crippen LogP contribution in [0.2, 0.25) is 0 Å². The van der Waals surface area contributed by atoms with E-state index >= 15 is 0 Å². The predicted molar refractivity (Wildman–Crippen MR) is 68.3 cm³/mol. The van der Waals surface area contributed by atoms with Gasteiger partial charge in [0.05, 0.1) is 10.5 Å². The first-order valence-electron chi connectivity index (χ1n) is 5.95. The molecule has 4 nitrogen and oxygen atoms in total. The van der Waals surface area contributed by atoms with Crippen LogP contribution in [0.3, 0.4) is 0 Å². The lowest BCUT2D eigenvalue weighted by atomic mass is 10.2. The molecule has 1 fully saturated rings. The Morgan fingerprint density at radius 1 is 1.39 bits per heavy atom. The van der Waals surface area contributed by atoms with Crippen LogP contribution in [0.1, 0.15) is 25.3 Å². The van der Waals surface area contributed by atoms with Crippen LogP contribution in [0.15, 0.2) is 29.2 Å². The second kappa shape index (κ2) is 4.71. The van der Waals surface area contributed by atoms with E-state index in [9.17, 15) is 8.42 Å². The first kappa shape index (κ1) is 13.1. The topological polar surface area (TPSA) is 61.2 Å². The molecule has 18 heavy (non-hydrogen) atoms. The van der Waals surface area contributed by atoms with Crippen molar-refractivity contribution in [2.75, 3.05) is 7.05 Å². The Kier molecular flexibility index (Phi) is 3.42. The molecule has 1 aliphatic rings. The monoisotopic (exact) mass is 264 g/mol. The van der Waals surface area contributed by atoms with E-state index < -0.39 is 10.0 Å². The summed E-state index contributed by atoms with van der Waals surface area (Å²) >= 11 is 0. The molecule has 1 aliphatic carbocycles. The highest BCUT2D eigenvalue weighted by Gasteiger charge is 2.36. The van der Waals surface area contributed by atoms with E-state index in [-0.39, 0.29) is 16.5 Å².